The molecule has 5 nitrogen and oxygen atoms in total. The van der Waals surface area contributed by atoms with Crippen LogP contribution in [0.25, 0.3) is 0 Å². The van der Waals surface area contributed by atoms with Crippen LogP contribution < -0.4 is 5.32 Å². The standard InChI is InChI=1S/C13H17NO4/c1-3-13(11(15)16,14-12(17)18-4-2)10-8-6-5-7-9-10/h5-9H,3-4H2,1-2H3,(H,14,17)(H,15,16). The number of nitrogens with one attached hydrogen (secondary N) is 1. The topological polar surface area (TPSA) is 75.6 Å². The zero-order chi connectivity index (χ0) is 13.6. The minimum Gasteiger partial charge on any atom is -0.479 e. The molecule has 0 radical (unpaired) electrons. The molecule has 2 N–H and O–H groups in total. The summed E-state index contributed by atoms with van der Waals surface area (Å²) in [4.78, 5) is 23.0. The van der Waals surface area contributed by atoms with Gasteiger partial charge in [0.05, 0.1) is 6.61 Å². The van der Waals surface area contributed by atoms with Crippen molar-refractivity contribution in [1.29, 1.82) is 0 Å². The Labute approximate surface area is 106 Å². The number of benzene rings is 1. The lowest BCUT2D eigenvalue weighted by Gasteiger charge is -2.29. The smallest absolute Gasteiger partial charge is 0.408 e. The maximum Gasteiger partial charge on any atom is 0.408 e. The number of carboxylic acids is 1. The fraction of sp³-hybridized carbons (Fsp3) is 0.385. The number of aliphatic carboxylic acids is 1. The van der Waals surface area contributed by atoms with Crippen molar-refractivity contribution in [3.05, 3.63) is 35.9 Å². The summed E-state index contributed by atoms with van der Waals surface area (Å²) >= 11 is 0. The molecule has 1 unspecified atom stereocenters. The normalized spacial score (nSPS) is 13.4. The molecule has 0 heterocycles. The predicted octanol–water partition coefficient (Wildman–Crippen LogP) is 2.12. The van der Waals surface area contributed by atoms with Gasteiger partial charge in [0.2, 0.25) is 0 Å². The van der Waals surface area contributed by atoms with Crippen molar-refractivity contribution >= 4 is 12.1 Å². The van der Waals surface area contributed by atoms with Crippen molar-refractivity contribution < 1.29 is 19.4 Å². The van der Waals surface area contributed by atoms with Crippen LogP contribution in [0.1, 0.15) is 25.8 Å². The molecule has 0 aliphatic carbocycles. The highest BCUT2D eigenvalue weighted by Gasteiger charge is 2.40. The highest BCUT2D eigenvalue weighted by molar-refractivity contribution is 5.85. The van der Waals surface area contributed by atoms with Crippen LogP contribution >= 0.6 is 0 Å². The third-order valence-electron chi connectivity index (χ3n) is 2.75. The lowest BCUT2D eigenvalue weighted by Crippen LogP contribution is -2.51. The lowest BCUT2D eigenvalue weighted by atomic mass is 9.87. The van der Waals surface area contributed by atoms with Gasteiger partial charge in [-0.2, -0.15) is 0 Å². The molecule has 0 saturated carbocycles. The van der Waals surface area contributed by atoms with E-state index >= 15 is 0 Å². The molecule has 5 heteroatoms. The van der Waals surface area contributed by atoms with E-state index in [1.54, 1.807) is 44.2 Å². The SMILES string of the molecule is CCOC(=O)NC(CC)(C(=O)O)c1ccccc1. The van der Waals surface area contributed by atoms with Crippen LogP contribution in [-0.4, -0.2) is 23.8 Å². The van der Waals surface area contributed by atoms with Gasteiger partial charge in [-0.25, -0.2) is 9.59 Å². The van der Waals surface area contributed by atoms with Gasteiger partial charge in [0.25, 0.3) is 0 Å². The summed E-state index contributed by atoms with van der Waals surface area (Å²) in [5.74, 6) is -1.11. The Kier molecular flexibility index (Phi) is 4.71. The molecular formula is C13H17NO4. The average Bonchev–Trinajstić information content (AvgIpc) is 2.37. The van der Waals surface area contributed by atoms with E-state index in [1.807, 2.05) is 0 Å². The van der Waals surface area contributed by atoms with Gasteiger partial charge in [-0.05, 0) is 18.9 Å². The lowest BCUT2D eigenvalue weighted by molar-refractivity contribution is -0.145. The van der Waals surface area contributed by atoms with Gasteiger partial charge < -0.3 is 15.2 Å². The van der Waals surface area contributed by atoms with Gasteiger partial charge in [0.1, 0.15) is 0 Å². The minimum atomic E-state index is -1.45. The molecule has 18 heavy (non-hydrogen) atoms. The Balaban J connectivity index is 3.10. The first-order valence-electron chi connectivity index (χ1n) is 5.80. The molecule has 0 saturated heterocycles. The summed E-state index contributed by atoms with van der Waals surface area (Å²) in [7, 11) is 0. The van der Waals surface area contributed by atoms with Gasteiger partial charge >= 0.3 is 12.1 Å². The third-order valence-corrected chi connectivity index (χ3v) is 2.75. The molecule has 1 rings (SSSR count). The van der Waals surface area contributed by atoms with E-state index in [1.165, 1.54) is 0 Å². The van der Waals surface area contributed by atoms with Crippen molar-refractivity contribution in [1.82, 2.24) is 5.32 Å². The van der Waals surface area contributed by atoms with E-state index in [2.05, 4.69) is 5.32 Å². The number of alkyl carbamates (subject to hydrolysis) is 1. The zero-order valence-corrected chi connectivity index (χ0v) is 10.5. The number of carbonyl (C=O) groups excluding carboxylic acids is 1. The molecule has 0 aliphatic rings. The van der Waals surface area contributed by atoms with Crippen molar-refractivity contribution in [3.63, 3.8) is 0 Å². The summed E-state index contributed by atoms with van der Waals surface area (Å²) < 4.78 is 4.76. The van der Waals surface area contributed by atoms with E-state index in [4.69, 9.17) is 4.74 Å². The number of amides is 1. The van der Waals surface area contributed by atoms with Crippen LogP contribution in [-0.2, 0) is 15.1 Å². The predicted molar refractivity (Wildman–Crippen MR) is 66.2 cm³/mol. The zero-order valence-electron chi connectivity index (χ0n) is 10.5. The second-order valence-electron chi connectivity index (χ2n) is 3.78. The van der Waals surface area contributed by atoms with Crippen LogP contribution in [0.5, 0.6) is 0 Å². The third kappa shape index (κ3) is 2.80. The fourth-order valence-corrected chi connectivity index (χ4v) is 1.76. The van der Waals surface area contributed by atoms with Gasteiger partial charge in [0.15, 0.2) is 5.54 Å². The number of ether oxygens (including phenoxy) is 1. The van der Waals surface area contributed by atoms with Gasteiger partial charge in [-0.3, -0.25) is 0 Å². The van der Waals surface area contributed by atoms with Crippen molar-refractivity contribution in [3.8, 4) is 0 Å². The number of carboxylic acid groups (broad SMARTS) is 1. The van der Waals surface area contributed by atoms with Gasteiger partial charge in [0, 0.05) is 0 Å². The maximum atomic E-state index is 11.5. The largest absolute Gasteiger partial charge is 0.479 e. The van der Waals surface area contributed by atoms with E-state index in [0.717, 1.165) is 0 Å². The summed E-state index contributed by atoms with van der Waals surface area (Å²) in [5, 5.41) is 11.9. The van der Waals surface area contributed by atoms with Crippen molar-refractivity contribution in [2.24, 2.45) is 0 Å². The molecule has 0 fully saturated rings. The summed E-state index contributed by atoms with van der Waals surface area (Å²) in [5.41, 5.74) is -0.930. The molecule has 0 aromatic heterocycles. The van der Waals surface area contributed by atoms with Crippen LogP contribution in [0.15, 0.2) is 30.3 Å². The Hall–Kier alpha value is -2.04. The molecule has 0 aliphatic heterocycles. The number of rotatable bonds is 5. The van der Waals surface area contributed by atoms with Crippen LogP contribution in [0.3, 0.4) is 0 Å². The number of hydrogen-bond acceptors (Lipinski definition) is 3. The Morgan fingerprint density at radius 3 is 2.33 bits per heavy atom. The van der Waals surface area contributed by atoms with E-state index in [9.17, 15) is 14.7 Å². The van der Waals surface area contributed by atoms with Crippen LogP contribution in [0, 0.1) is 0 Å². The molecular weight excluding hydrogens is 234 g/mol. The number of carbonyl (C=O) groups is 2. The van der Waals surface area contributed by atoms with E-state index < -0.39 is 17.6 Å². The second kappa shape index (κ2) is 6.05. The first kappa shape index (κ1) is 14.0. The Morgan fingerprint density at radius 1 is 1.28 bits per heavy atom. The first-order valence-corrected chi connectivity index (χ1v) is 5.80. The van der Waals surface area contributed by atoms with E-state index in [-0.39, 0.29) is 13.0 Å². The quantitative estimate of drug-likeness (QED) is 0.840. The van der Waals surface area contributed by atoms with Gasteiger partial charge in [-0.15, -0.1) is 0 Å². The van der Waals surface area contributed by atoms with Crippen LogP contribution in [0.4, 0.5) is 4.79 Å². The summed E-state index contributed by atoms with van der Waals surface area (Å²) in [6.45, 7) is 3.56. The molecule has 1 atom stereocenters. The summed E-state index contributed by atoms with van der Waals surface area (Å²) in [6, 6.07) is 8.59. The highest BCUT2D eigenvalue weighted by atomic mass is 16.5. The molecule has 0 bridgehead atoms. The minimum absolute atomic E-state index is 0.194. The summed E-state index contributed by atoms with van der Waals surface area (Å²) in [6.07, 6.45) is -0.504. The molecule has 1 amide bonds. The Morgan fingerprint density at radius 2 is 1.89 bits per heavy atom. The second-order valence-corrected chi connectivity index (χ2v) is 3.78. The average molecular weight is 251 g/mol. The fourth-order valence-electron chi connectivity index (χ4n) is 1.76. The number of hydrogen-bond donors (Lipinski definition) is 2. The molecule has 1 aromatic rings. The first-order chi connectivity index (χ1) is 8.56. The monoisotopic (exact) mass is 251 g/mol. The molecule has 0 spiro atoms. The van der Waals surface area contributed by atoms with Gasteiger partial charge in [-0.1, -0.05) is 37.3 Å². The molecule has 98 valence electrons. The Bertz CT molecular complexity index is 418. The van der Waals surface area contributed by atoms with E-state index in [0.29, 0.717) is 5.56 Å². The van der Waals surface area contributed by atoms with Crippen molar-refractivity contribution in [2.45, 2.75) is 25.8 Å². The highest BCUT2D eigenvalue weighted by Crippen LogP contribution is 2.25. The van der Waals surface area contributed by atoms with Crippen LogP contribution in [0.2, 0.25) is 0 Å². The van der Waals surface area contributed by atoms with Crippen molar-refractivity contribution in [2.75, 3.05) is 6.61 Å². The maximum absolute atomic E-state index is 11.5. The molecule has 1 aromatic carbocycles.